The third-order valence-corrected chi connectivity index (χ3v) is 3.30. The average Bonchev–Trinajstić information content (AvgIpc) is 2.34. The van der Waals surface area contributed by atoms with E-state index in [0.29, 0.717) is 17.1 Å². The van der Waals surface area contributed by atoms with Gasteiger partial charge in [0.1, 0.15) is 17.3 Å². The molecule has 2 nitrogen and oxygen atoms in total. The fourth-order valence-corrected chi connectivity index (χ4v) is 2.02. The summed E-state index contributed by atoms with van der Waals surface area (Å²) in [6.45, 7) is 1.66. The lowest BCUT2D eigenvalue weighted by Crippen LogP contribution is -1.90. The molecule has 0 amide bonds. The fraction of sp³-hybridized carbons (Fsp3) is 0.143. The highest BCUT2D eigenvalue weighted by Crippen LogP contribution is 2.28. The van der Waals surface area contributed by atoms with Gasteiger partial charge in [-0.05, 0) is 48.4 Å². The minimum absolute atomic E-state index is 0.0312. The summed E-state index contributed by atoms with van der Waals surface area (Å²) in [6, 6.07) is 9.90. The molecule has 0 heterocycles. The topological polar surface area (TPSA) is 29.5 Å². The van der Waals surface area contributed by atoms with Crippen molar-refractivity contribution in [1.82, 2.24) is 0 Å². The molecule has 2 aromatic carbocycles. The zero-order chi connectivity index (χ0) is 13.1. The van der Waals surface area contributed by atoms with Crippen molar-refractivity contribution in [3.05, 3.63) is 57.8 Å². The van der Waals surface area contributed by atoms with Gasteiger partial charge in [-0.3, -0.25) is 0 Å². The molecule has 0 bridgehead atoms. The van der Waals surface area contributed by atoms with Crippen molar-refractivity contribution in [3.8, 4) is 11.5 Å². The molecule has 0 atom stereocenters. The molecule has 0 aromatic heterocycles. The van der Waals surface area contributed by atoms with Crippen LogP contribution >= 0.6 is 15.9 Å². The third kappa shape index (κ3) is 2.89. The predicted molar refractivity (Wildman–Crippen MR) is 71.3 cm³/mol. The lowest BCUT2D eigenvalue weighted by atomic mass is 10.2. The maximum atomic E-state index is 13.1. The molecule has 0 saturated heterocycles. The summed E-state index contributed by atoms with van der Waals surface area (Å²) >= 11 is 3.35. The Balaban J connectivity index is 2.23. The van der Waals surface area contributed by atoms with E-state index in [-0.39, 0.29) is 12.4 Å². The lowest BCUT2D eigenvalue weighted by Gasteiger charge is -2.08. The number of aliphatic hydroxyl groups excluding tert-OH is 1. The predicted octanol–water partition coefficient (Wildman–Crippen LogP) is 4.18. The Kier molecular flexibility index (Phi) is 3.99. The van der Waals surface area contributed by atoms with Crippen molar-refractivity contribution in [2.75, 3.05) is 0 Å². The summed E-state index contributed by atoms with van der Waals surface area (Å²) in [7, 11) is 0. The van der Waals surface area contributed by atoms with Crippen molar-refractivity contribution in [2.45, 2.75) is 13.5 Å². The van der Waals surface area contributed by atoms with E-state index in [4.69, 9.17) is 9.84 Å². The smallest absolute Gasteiger partial charge is 0.128 e. The Morgan fingerprint density at radius 1 is 1.17 bits per heavy atom. The Labute approximate surface area is 113 Å². The van der Waals surface area contributed by atoms with Gasteiger partial charge in [0.05, 0.1) is 6.61 Å². The molecule has 0 unspecified atom stereocenters. The van der Waals surface area contributed by atoms with Crippen LogP contribution in [0.4, 0.5) is 4.39 Å². The van der Waals surface area contributed by atoms with Gasteiger partial charge in [0.15, 0.2) is 0 Å². The van der Waals surface area contributed by atoms with Crippen LogP contribution in [0.3, 0.4) is 0 Å². The van der Waals surface area contributed by atoms with Gasteiger partial charge >= 0.3 is 0 Å². The second kappa shape index (κ2) is 5.50. The third-order valence-electron chi connectivity index (χ3n) is 2.56. The van der Waals surface area contributed by atoms with Gasteiger partial charge in [-0.25, -0.2) is 4.39 Å². The second-order valence-corrected chi connectivity index (χ2v) is 4.78. The number of hydrogen-bond acceptors (Lipinski definition) is 2. The van der Waals surface area contributed by atoms with Crippen LogP contribution < -0.4 is 4.74 Å². The Morgan fingerprint density at radius 2 is 1.83 bits per heavy atom. The summed E-state index contributed by atoms with van der Waals surface area (Å²) < 4.78 is 19.5. The van der Waals surface area contributed by atoms with Gasteiger partial charge in [-0.1, -0.05) is 22.0 Å². The molecule has 0 saturated carbocycles. The maximum Gasteiger partial charge on any atom is 0.128 e. The molecule has 0 aliphatic rings. The maximum absolute atomic E-state index is 13.1. The van der Waals surface area contributed by atoms with E-state index in [9.17, 15) is 4.39 Å². The number of benzene rings is 2. The molecule has 1 N–H and O–H groups in total. The zero-order valence-electron chi connectivity index (χ0n) is 9.78. The molecule has 4 heteroatoms. The first kappa shape index (κ1) is 13.1. The molecular formula is C14H12BrFO2. The van der Waals surface area contributed by atoms with Gasteiger partial charge in [-0.15, -0.1) is 0 Å². The number of rotatable bonds is 3. The SMILES string of the molecule is Cc1cc(Oc2ccc(CO)c(Br)c2)ccc1F. The monoisotopic (exact) mass is 310 g/mol. The van der Waals surface area contributed by atoms with Crippen LogP contribution in [0.25, 0.3) is 0 Å². The average molecular weight is 311 g/mol. The van der Waals surface area contributed by atoms with Gasteiger partial charge in [0, 0.05) is 4.47 Å². The van der Waals surface area contributed by atoms with Gasteiger partial charge < -0.3 is 9.84 Å². The second-order valence-electron chi connectivity index (χ2n) is 3.92. The number of hydrogen-bond donors (Lipinski definition) is 1. The molecule has 2 rings (SSSR count). The summed E-state index contributed by atoms with van der Waals surface area (Å²) in [5, 5.41) is 9.05. The number of aliphatic hydroxyl groups is 1. The minimum Gasteiger partial charge on any atom is -0.457 e. The Hall–Kier alpha value is -1.39. The van der Waals surface area contributed by atoms with Gasteiger partial charge in [-0.2, -0.15) is 0 Å². The fourth-order valence-electron chi connectivity index (χ4n) is 1.54. The van der Waals surface area contributed by atoms with Gasteiger partial charge in [0.2, 0.25) is 0 Å². The van der Waals surface area contributed by atoms with Crippen LogP contribution in [0.2, 0.25) is 0 Å². The van der Waals surface area contributed by atoms with E-state index in [0.717, 1.165) is 10.0 Å². The largest absolute Gasteiger partial charge is 0.457 e. The first-order chi connectivity index (χ1) is 8.60. The molecule has 2 aromatic rings. The zero-order valence-corrected chi connectivity index (χ0v) is 11.4. The molecule has 0 spiro atoms. The van der Waals surface area contributed by atoms with Crippen molar-refractivity contribution < 1.29 is 14.2 Å². The molecule has 94 valence electrons. The summed E-state index contributed by atoms with van der Waals surface area (Å²) in [5.74, 6) is 0.960. The number of aryl methyl sites for hydroxylation is 1. The van der Waals surface area contributed by atoms with Crippen LogP contribution in [-0.4, -0.2) is 5.11 Å². The van der Waals surface area contributed by atoms with Crippen molar-refractivity contribution in [1.29, 1.82) is 0 Å². The molecule has 0 aliphatic carbocycles. The van der Waals surface area contributed by atoms with Crippen molar-refractivity contribution in [3.63, 3.8) is 0 Å². The standard InChI is InChI=1S/C14H12BrFO2/c1-9-6-11(4-5-14(9)16)18-12-3-2-10(8-17)13(15)7-12/h2-7,17H,8H2,1H3. The van der Waals surface area contributed by atoms with Crippen LogP contribution in [0.15, 0.2) is 40.9 Å². The molecule has 0 aliphatic heterocycles. The minimum atomic E-state index is -0.251. The van der Waals surface area contributed by atoms with E-state index >= 15 is 0 Å². The van der Waals surface area contributed by atoms with E-state index < -0.39 is 0 Å². The Bertz CT molecular complexity index is 570. The highest BCUT2D eigenvalue weighted by molar-refractivity contribution is 9.10. The van der Waals surface area contributed by atoms with Gasteiger partial charge in [0.25, 0.3) is 0 Å². The van der Waals surface area contributed by atoms with E-state index in [1.165, 1.54) is 6.07 Å². The highest BCUT2D eigenvalue weighted by Gasteiger charge is 2.04. The lowest BCUT2D eigenvalue weighted by molar-refractivity contribution is 0.281. The molecule has 0 fully saturated rings. The van der Waals surface area contributed by atoms with E-state index in [2.05, 4.69) is 15.9 Å². The van der Waals surface area contributed by atoms with Crippen LogP contribution in [-0.2, 0) is 6.61 Å². The summed E-state index contributed by atoms with van der Waals surface area (Å²) in [5.41, 5.74) is 1.33. The summed E-state index contributed by atoms with van der Waals surface area (Å²) in [4.78, 5) is 0. The van der Waals surface area contributed by atoms with Crippen LogP contribution in [0.1, 0.15) is 11.1 Å². The molecule has 18 heavy (non-hydrogen) atoms. The van der Waals surface area contributed by atoms with Crippen molar-refractivity contribution >= 4 is 15.9 Å². The normalized spacial score (nSPS) is 10.4. The van der Waals surface area contributed by atoms with Crippen molar-refractivity contribution in [2.24, 2.45) is 0 Å². The van der Waals surface area contributed by atoms with E-state index in [1.54, 1.807) is 37.3 Å². The Morgan fingerprint density at radius 3 is 2.44 bits per heavy atom. The summed E-state index contributed by atoms with van der Waals surface area (Å²) in [6.07, 6.45) is 0. The highest BCUT2D eigenvalue weighted by atomic mass is 79.9. The first-order valence-corrected chi connectivity index (χ1v) is 6.23. The number of halogens is 2. The molecule has 0 radical (unpaired) electrons. The number of ether oxygens (including phenoxy) is 1. The van der Waals surface area contributed by atoms with Crippen LogP contribution in [0, 0.1) is 12.7 Å². The first-order valence-electron chi connectivity index (χ1n) is 5.43. The van der Waals surface area contributed by atoms with Crippen LogP contribution in [0.5, 0.6) is 11.5 Å². The quantitative estimate of drug-likeness (QED) is 0.921. The van der Waals surface area contributed by atoms with E-state index in [1.807, 2.05) is 0 Å². The molecular weight excluding hydrogens is 299 g/mol.